The quantitative estimate of drug-likeness (QED) is 0.770. The molecule has 1 unspecified atom stereocenters. The van der Waals surface area contributed by atoms with Crippen molar-refractivity contribution in [2.24, 2.45) is 5.92 Å². The standard InChI is InChI=1S/C14H16O5/c1-16-14-10(7-15)12-11(18-14)8-17-13(19-12)9-5-3-2-4-6-9/h2-7,10-14H,8H2,1H3/t10?,11-,12-,13+,14-/m1/s1. The van der Waals surface area contributed by atoms with Crippen molar-refractivity contribution in [3.63, 3.8) is 0 Å². The molecule has 2 saturated heterocycles. The maximum atomic E-state index is 11.2. The molecular formula is C14H16O5. The highest BCUT2D eigenvalue weighted by Crippen LogP contribution is 2.37. The van der Waals surface area contributed by atoms with Gasteiger partial charge in [0.15, 0.2) is 12.6 Å². The molecule has 0 spiro atoms. The number of fused-ring (bicyclic) bond motifs is 1. The molecular weight excluding hydrogens is 248 g/mol. The van der Waals surface area contributed by atoms with Crippen molar-refractivity contribution >= 4 is 6.29 Å². The second kappa shape index (κ2) is 5.38. The van der Waals surface area contributed by atoms with E-state index < -0.39 is 18.5 Å². The van der Waals surface area contributed by atoms with Crippen LogP contribution in [0.4, 0.5) is 0 Å². The van der Waals surface area contributed by atoms with Crippen LogP contribution in [-0.2, 0) is 23.7 Å². The summed E-state index contributed by atoms with van der Waals surface area (Å²) in [6.07, 6.45) is -0.733. The van der Waals surface area contributed by atoms with E-state index in [1.807, 2.05) is 30.3 Å². The molecule has 5 atom stereocenters. The van der Waals surface area contributed by atoms with Crippen molar-refractivity contribution in [2.45, 2.75) is 24.8 Å². The van der Waals surface area contributed by atoms with Crippen LogP contribution in [0, 0.1) is 5.92 Å². The van der Waals surface area contributed by atoms with Gasteiger partial charge in [-0.25, -0.2) is 0 Å². The Morgan fingerprint density at radius 2 is 2.05 bits per heavy atom. The van der Waals surface area contributed by atoms with Crippen LogP contribution in [0.25, 0.3) is 0 Å². The molecule has 102 valence electrons. The number of hydrogen-bond acceptors (Lipinski definition) is 5. The Morgan fingerprint density at radius 1 is 1.26 bits per heavy atom. The molecule has 5 nitrogen and oxygen atoms in total. The monoisotopic (exact) mass is 264 g/mol. The number of hydrogen-bond donors (Lipinski definition) is 0. The Balaban J connectivity index is 1.77. The van der Waals surface area contributed by atoms with E-state index in [1.165, 1.54) is 7.11 Å². The first-order chi connectivity index (χ1) is 9.33. The molecule has 5 heteroatoms. The molecule has 2 aliphatic rings. The summed E-state index contributed by atoms with van der Waals surface area (Å²) in [5.41, 5.74) is 0.937. The van der Waals surface area contributed by atoms with Crippen LogP contribution in [-0.4, -0.2) is 38.5 Å². The molecule has 19 heavy (non-hydrogen) atoms. The minimum atomic E-state index is -0.550. The van der Waals surface area contributed by atoms with E-state index in [0.717, 1.165) is 11.8 Å². The van der Waals surface area contributed by atoms with Crippen molar-refractivity contribution in [3.8, 4) is 0 Å². The predicted octanol–water partition coefficient (Wildman–Crippen LogP) is 1.29. The van der Waals surface area contributed by atoms with Crippen molar-refractivity contribution in [1.29, 1.82) is 0 Å². The number of carbonyl (C=O) groups is 1. The van der Waals surface area contributed by atoms with Gasteiger partial charge in [0.1, 0.15) is 18.5 Å². The highest BCUT2D eigenvalue weighted by molar-refractivity contribution is 5.56. The number of methoxy groups -OCH3 is 1. The smallest absolute Gasteiger partial charge is 0.184 e. The van der Waals surface area contributed by atoms with E-state index in [0.29, 0.717) is 6.61 Å². The van der Waals surface area contributed by atoms with Gasteiger partial charge in [-0.3, -0.25) is 0 Å². The van der Waals surface area contributed by atoms with Crippen LogP contribution in [0.15, 0.2) is 30.3 Å². The van der Waals surface area contributed by atoms with Crippen LogP contribution in [0.3, 0.4) is 0 Å². The van der Waals surface area contributed by atoms with Gasteiger partial charge < -0.3 is 23.7 Å². The van der Waals surface area contributed by atoms with Gasteiger partial charge in [-0.15, -0.1) is 0 Å². The molecule has 0 amide bonds. The van der Waals surface area contributed by atoms with Crippen molar-refractivity contribution < 1.29 is 23.7 Å². The topological polar surface area (TPSA) is 54.0 Å². The van der Waals surface area contributed by atoms with Crippen LogP contribution in [0.1, 0.15) is 11.9 Å². The van der Waals surface area contributed by atoms with Crippen molar-refractivity contribution in [1.82, 2.24) is 0 Å². The highest BCUT2D eigenvalue weighted by Gasteiger charge is 2.49. The maximum absolute atomic E-state index is 11.2. The minimum absolute atomic E-state index is 0.250. The zero-order valence-corrected chi connectivity index (χ0v) is 10.6. The average molecular weight is 264 g/mol. The van der Waals surface area contributed by atoms with Gasteiger partial charge in [0.2, 0.25) is 0 Å². The first-order valence-electron chi connectivity index (χ1n) is 6.29. The minimum Gasteiger partial charge on any atom is -0.355 e. The number of carbonyl (C=O) groups excluding carboxylic acids is 1. The second-order valence-electron chi connectivity index (χ2n) is 4.67. The normalized spacial score (nSPS) is 37.8. The van der Waals surface area contributed by atoms with Gasteiger partial charge in [0.25, 0.3) is 0 Å². The fourth-order valence-corrected chi connectivity index (χ4v) is 2.56. The Kier molecular flexibility index (Phi) is 3.61. The van der Waals surface area contributed by atoms with Gasteiger partial charge in [-0.1, -0.05) is 30.3 Å². The largest absolute Gasteiger partial charge is 0.355 e. The molecule has 3 rings (SSSR count). The van der Waals surface area contributed by atoms with E-state index >= 15 is 0 Å². The van der Waals surface area contributed by atoms with Crippen molar-refractivity contribution in [3.05, 3.63) is 35.9 Å². The predicted molar refractivity (Wildman–Crippen MR) is 65.2 cm³/mol. The Hall–Kier alpha value is -1.27. The Bertz CT molecular complexity index is 435. The van der Waals surface area contributed by atoms with Crippen molar-refractivity contribution in [2.75, 3.05) is 13.7 Å². The van der Waals surface area contributed by atoms with E-state index in [2.05, 4.69) is 0 Å². The molecule has 0 aliphatic carbocycles. The number of rotatable bonds is 3. The van der Waals surface area contributed by atoms with Crippen LogP contribution >= 0.6 is 0 Å². The molecule has 0 N–H and O–H groups in total. The Labute approximate surface area is 111 Å². The number of ether oxygens (including phenoxy) is 4. The van der Waals surface area contributed by atoms with E-state index in [9.17, 15) is 4.79 Å². The lowest BCUT2D eigenvalue weighted by molar-refractivity contribution is -0.250. The van der Waals surface area contributed by atoms with Gasteiger partial charge in [0, 0.05) is 12.7 Å². The molecule has 2 heterocycles. The third-order valence-electron chi connectivity index (χ3n) is 3.52. The summed E-state index contributed by atoms with van der Waals surface area (Å²) >= 11 is 0. The molecule has 1 aromatic rings. The SMILES string of the molecule is CO[C@@H]1O[C@@H]2CO[C@H](c3ccccc3)O[C@@H]2C1C=O. The van der Waals surface area contributed by atoms with E-state index in [-0.39, 0.29) is 12.2 Å². The summed E-state index contributed by atoms with van der Waals surface area (Å²) in [4.78, 5) is 11.2. The van der Waals surface area contributed by atoms with Gasteiger partial charge in [-0.2, -0.15) is 0 Å². The lowest BCUT2D eigenvalue weighted by Crippen LogP contribution is -2.41. The van der Waals surface area contributed by atoms with E-state index in [1.54, 1.807) is 0 Å². The molecule has 0 aromatic heterocycles. The lowest BCUT2D eigenvalue weighted by Gasteiger charge is -2.32. The third kappa shape index (κ3) is 2.30. The van der Waals surface area contributed by atoms with Gasteiger partial charge in [-0.05, 0) is 0 Å². The zero-order chi connectivity index (χ0) is 13.2. The maximum Gasteiger partial charge on any atom is 0.184 e. The third-order valence-corrected chi connectivity index (χ3v) is 3.52. The summed E-state index contributed by atoms with van der Waals surface area (Å²) in [5, 5.41) is 0. The first-order valence-corrected chi connectivity index (χ1v) is 6.29. The summed E-state index contributed by atoms with van der Waals surface area (Å²) in [6, 6.07) is 9.65. The second-order valence-corrected chi connectivity index (χ2v) is 4.67. The highest BCUT2D eigenvalue weighted by atomic mass is 16.7. The van der Waals surface area contributed by atoms with Crippen LogP contribution < -0.4 is 0 Å². The summed E-state index contributed by atoms with van der Waals surface area (Å²) in [7, 11) is 1.52. The summed E-state index contributed by atoms with van der Waals surface area (Å²) in [6.45, 7) is 0.397. The number of aldehydes is 1. The van der Waals surface area contributed by atoms with Crippen LogP contribution in [0.2, 0.25) is 0 Å². The average Bonchev–Trinajstić information content (AvgIpc) is 2.84. The number of benzene rings is 1. The van der Waals surface area contributed by atoms with Crippen LogP contribution in [0.5, 0.6) is 0 Å². The molecule has 2 aliphatic heterocycles. The molecule has 0 radical (unpaired) electrons. The molecule has 1 aromatic carbocycles. The zero-order valence-electron chi connectivity index (χ0n) is 10.6. The fraction of sp³-hybridized carbons (Fsp3) is 0.500. The molecule has 0 bridgehead atoms. The van der Waals surface area contributed by atoms with Gasteiger partial charge in [0.05, 0.1) is 12.5 Å². The van der Waals surface area contributed by atoms with E-state index in [4.69, 9.17) is 18.9 Å². The molecule has 0 saturated carbocycles. The van der Waals surface area contributed by atoms with Gasteiger partial charge >= 0.3 is 0 Å². The summed E-state index contributed by atoms with van der Waals surface area (Å²) in [5.74, 6) is -0.412. The molecule has 2 fully saturated rings. The summed E-state index contributed by atoms with van der Waals surface area (Å²) < 4.78 is 22.3. The lowest BCUT2D eigenvalue weighted by atomic mass is 10.0. The first kappa shape index (κ1) is 12.7. The fourth-order valence-electron chi connectivity index (χ4n) is 2.56. The Morgan fingerprint density at radius 3 is 2.74 bits per heavy atom.